The molecule has 1 aromatic rings. The van der Waals surface area contributed by atoms with Crippen molar-refractivity contribution >= 4 is 34.3 Å². The van der Waals surface area contributed by atoms with Crippen LogP contribution in [-0.2, 0) is 30.6 Å². The molecule has 5 atom stereocenters. The maximum Gasteiger partial charge on any atom is 0.326 e. The number of benzene rings is 1. The van der Waals surface area contributed by atoms with Crippen molar-refractivity contribution in [2.24, 2.45) is 11.7 Å². The number of thiol groups is 1. The Morgan fingerprint density at radius 2 is 1.88 bits per heavy atom. The minimum absolute atomic E-state index is 0.0671. The highest BCUT2D eigenvalue weighted by atomic mass is 32.2. The van der Waals surface area contributed by atoms with E-state index in [2.05, 4.69) is 37.1 Å². The van der Waals surface area contributed by atoms with E-state index in [-0.39, 0.29) is 43.2 Å². The van der Waals surface area contributed by atoms with E-state index in [0.29, 0.717) is 12.3 Å². The summed E-state index contributed by atoms with van der Waals surface area (Å²) in [6, 6.07) is 7.75. The van der Waals surface area contributed by atoms with Gasteiger partial charge < -0.3 is 26.2 Å². The van der Waals surface area contributed by atoms with Crippen LogP contribution in [0.15, 0.2) is 30.3 Å². The number of carbonyl (C=O) groups is 2. The maximum absolute atomic E-state index is 13.1. The largest absolute Gasteiger partial charge is 0.480 e. The quantitative estimate of drug-likeness (QED) is 0.191. The zero-order valence-electron chi connectivity index (χ0n) is 20.1. The first-order valence-electron chi connectivity index (χ1n) is 11.4. The van der Waals surface area contributed by atoms with Crippen molar-refractivity contribution in [1.82, 2.24) is 10.6 Å². The number of ether oxygens (including phenoxy) is 1. The van der Waals surface area contributed by atoms with Crippen molar-refractivity contribution in [2.75, 3.05) is 30.9 Å². The number of hydrogen-bond acceptors (Lipinski definition) is 8. The molecule has 1 unspecified atom stereocenters. The molecule has 0 radical (unpaired) electrons. The van der Waals surface area contributed by atoms with E-state index in [1.807, 2.05) is 30.3 Å². The summed E-state index contributed by atoms with van der Waals surface area (Å²) in [5.74, 6) is -1.46. The third kappa shape index (κ3) is 12.2. The minimum atomic E-state index is -3.38. The summed E-state index contributed by atoms with van der Waals surface area (Å²) in [6.07, 6.45) is 0.982. The molecule has 34 heavy (non-hydrogen) atoms. The molecule has 0 aromatic heterocycles. The van der Waals surface area contributed by atoms with Gasteiger partial charge in [0, 0.05) is 37.1 Å². The van der Waals surface area contributed by atoms with E-state index < -0.39 is 33.9 Å². The van der Waals surface area contributed by atoms with Gasteiger partial charge in [0.2, 0.25) is 5.91 Å². The Morgan fingerprint density at radius 3 is 2.41 bits per heavy atom. The van der Waals surface area contributed by atoms with Crippen molar-refractivity contribution < 1.29 is 27.9 Å². The maximum atomic E-state index is 13.1. The number of aliphatic carboxylic acids is 1. The van der Waals surface area contributed by atoms with Crippen molar-refractivity contribution in [3.63, 3.8) is 0 Å². The number of carbonyl (C=O) groups excluding carboxylic acids is 1. The summed E-state index contributed by atoms with van der Waals surface area (Å²) in [5, 5.41) is 15.3. The standard InChI is InChI=1S/C23H39N3O6S2/c1-4-16(2)20(25-13-18(24)15-33)14-32-21(12-17-8-6-5-7-9-17)22(27)26-19(23(28)29)10-11-34(3,30)31/h5-9,16,18-21,25,33H,4,10-15,24H2,1-3H3,(H,26,27)(H,28,29)/t16-,18+,19-,20+,21?/m0/s1. The number of carboxylic acids is 1. The summed E-state index contributed by atoms with van der Waals surface area (Å²) >= 11 is 4.21. The monoisotopic (exact) mass is 517 g/mol. The van der Waals surface area contributed by atoms with Crippen LogP contribution in [0, 0.1) is 5.92 Å². The Morgan fingerprint density at radius 1 is 1.24 bits per heavy atom. The molecular weight excluding hydrogens is 478 g/mol. The highest BCUT2D eigenvalue weighted by Crippen LogP contribution is 2.13. The molecule has 0 fully saturated rings. The third-order valence-electron chi connectivity index (χ3n) is 5.63. The molecule has 0 aliphatic heterocycles. The lowest BCUT2D eigenvalue weighted by molar-refractivity contribution is -0.144. The van der Waals surface area contributed by atoms with Gasteiger partial charge in [-0.25, -0.2) is 13.2 Å². The minimum Gasteiger partial charge on any atom is -0.480 e. The Hall–Kier alpha value is -1.66. The number of sulfone groups is 1. The third-order valence-corrected chi connectivity index (χ3v) is 7.08. The molecule has 11 heteroatoms. The Kier molecular flexibility index (Phi) is 13.7. The first-order chi connectivity index (χ1) is 16.0. The highest BCUT2D eigenvalue weighted by molar-refractivity contribution is 7.90. The fourth-order valence-electron chi connectivity index (χ4n) is 3.21. The van der Waals surface area contributed by atoms with Gasteiger partial charge in [0.25, 0.3) is 0 Å². The molecule has 0 aliphatic carbocycles. The van der Waals surface area contributed by atoms with Crippen LogP contribution < -0.4 is 16.4 Å². The molecule has 0 bridgehead atoms. The van der Waals surface area contributed by atoms with Gasteiger partial charge in [-0.3, -0.25) is 4.79 Å². The van der Waals surface area contributed by atoms with Crippen molar-refractivity contribution in [2.45, 2.75) is 57.3 Å². The zero-order valence-corrected chi connectivity index (χ0v) is 21.9. The second-order valence-corrected chi connectivity index (χ2v) is 11.3. The Labute approximate surface area is 208 Å². The van der Waals surface area contributed by atoms with Gasteiger partial charge in [0.05, 0.1) is 12.4 Å². The zero-order chi connectivity index (χ0) is 25.7. The van der Waals surface area contributed by atoms with Crippen molar-refractivity contribution in [3.05, 3.63) is 35.9 Å². The van der Waals surface area contributed by atoms with Crippen LogP contribution >= 0.6 is 12.6 Å². The highest BCUT2D eigenvalue weighted by Gasteiger charge is 2.28. The van der Waals surface area contributed by atoms with Crippen molar-refractivity contribution in [1.29, 1.82) is 0 Å². The summed E-state index contributed by atoms with van der Waals surface area (Å²) in [4.78, 5) is 24.7. The molecule has 9 nitrogen and oxygen atoms in total. The number of amides is 1. The smallest absolute Gasteiger partial charge is 0.326 e. The fraction of sp³-hybridized carbons (Fsp3) is 0.652. The topological polar surface area (TPSA) is 148 Å². The van der Waals surface area contributed by atoms with Crippen molar-refractivity contribution in [3.8, 4) is 0 Å². The molecule has 1 aromatic carbocycles. The second-order valence-electron chi connectivity index (χ2n) is 8.67. The van der Waals surface area contributed by atoms with Crippen LogP contribution in [0.25, 0.3) is 0 Å². The normalized spacial score (nSPS) is 16.3. The first-order valence-corrected chi connectivity index (χ1v) is 14.1. The lowest BCUT2D eigenvalue weighted by Gasteiger charge is -2.28. The number of nitrogens with one attached hydrogen (secondary N) is 2. The molecule has 0 heterocycles. The van der Waals surface area contributed by atoms with E-state index in [9.17, 15) is 23.1 Å². The van der Waals surface area contributed by atoms with Gasteiger partial charge in [-0.05, 0) is 17.9 Å². The molecule has 1 amide bonds. The van der Waals surface area contributed by atoms with Crippen LogP contribution in [0.1, 0.15) is 32.3 Å². The van der Waals surface area contributed by atoms with Gasteiger partial charge >= 0.3 is 5.97 Å². The summed E-state index contributed by atoms with van der Waals surface area (Å²) in [5.41, 5.74) is 6.83. The van der Waals surface area contributed by atoms with Gasteiger partial charge in [-0.1, -0.05) is 50.6 Å². The van der Waals surface area contributed by atoms with Crippen LogP contribution in [0.2, 0.25) is 0 Å². The second kappa shape index (κ2) is 15.4. The summed E-state index contributed by atoms with van der Waals surface area (Å²) in [7, 11) is -3.38. The number of nitrogens with two attached hydrogens (primary N) is 1. The number of rotatable bonds is 17. The van der Waals surface area contributed by atoms with Crippen LogP contribution in [0.4, 0.5) is 0 Å². The molecule has 5 N–H and O–H groups in total. The van der Waals surface area contributed by atoms with Crippen LogP contribution in [0.5, 0.6) is 0 Å². The molecule has 1 rings (SSSR count). The van der Waals surface area contributed by atoms with E-state index in [0.717, 1.165) is 18.2 Å². The van der Waals surface area contributed by atoms with Crippen LogP contribution in [-0.4, -0.2) is 80.5 Å². The fourth-order valence-corrected chi connectivity index (χ4v) is 4.00. The average molecular weight is 518 g/mol. The Bertz CT molecular complexity index is 854. The van der Waals surface area contributed by atoms with E-state index >= 15 is 0 Å². The van der Waals surface area contributed by atoms with E-state index in [1.54, 1.807) is 0 Å². The average Bonchev–Trinajstić information content (AvgIpc) is 2.79. The lowest BCUT2D eigenvalue weighted by atomic mass is 9.99. The molecule has 0 saturated heterocycles. The van der Waals surface area contributed by atoms with Crippen LogP contribution in [0.3, 0.4) is 0 Å². The van der Waals surface area contributed by atoms with E-state index in [4.69, 9.17) is 10.5 Å². The van der Waals surface area contributed by atoms with Gasteiger partial charge in [0.15, 0.2) is 0 Å². The molecular formula is C23H39N3O6S2. The lowest BCUT2D eigenvalue weighted by Crippen LogP contribution is -2.50. The molecule has 0 spiro atoms. The summed E-state index contributed by atoms with van der Waals surface area (Å²) in [6.45, 7) is 4.90. The van der Waals surface area contributed by atoms with Gasteiger partial charge in [-0.2, -0.15) is 12.6 Å². The Balaban J connectivity index is 2.97. The van der Waals surface area contributed by atoms with Gasteiger partial charge in [-0.15, -0.1) is 0 Å². The predicted octanol–water partition coefficient (Wildman–Crippen LogP) is 0.880. The predicted molar refractivity (Wildman–Crippen MR) is 137 cm³/mol. The number of carboxylic acid groups (broad SMARTS) is 1. The summed E-state index contributed by atoms with van der Waals surface area (Å²) < 4.78 is 29.0. The SMILES string of the molecule is CC[C@H](C)[C@@H](COC(Cc1ccccc1)C(=O)N[C@@H](CCS(C)(=O)=O)C(=O)O)NC[C@@H](N)CS. The number of hydrogen-bond donors (Lipinski definition) is 5. The first kappa shape index (κ1) is 30.4. The molecule has 194 valence electrons. The van der Waals surface area contributed by atoms with E-state index in [1.165, 1.54) is 0 Å². The van der Waals surface area contributed by atoms with Gasteiger partial charge in [0.1, 0.15) is 22.0 Å². The molecule has 0 aliphatic rings. The molecule has 0 saturated carbocycles.